The molecule has 0 aliphatic carbocycles. The zero-order valence-corrected chi connectivity index (χ0v) is 16.1. The maximum absolute atomic E-state index is 12.8. The number of aromatic nitrogens is 1. The summed E-state index contributed by atoms with van der Waals surface area (Å²) in [5.74, 6) is 0.296. The van der Waals surface area contributed by atoms with Crippen molar-refractivity contribution in [3.8, 4) is 23.1 Å². The van der Waals surface area contributed by atoms with E-state index >= 15 is 0 Å². The first kappa shape index (κ1) is 20.1. The Hall–Kier alpha value is -3.69. The summed E-state index contributed by atoms with van der Waals surface area (Å²) in [6, 6.07) is 20.3. The molecule has 0 spiro atoms. The lowest BCUT2D eigenvalue weighted by Gasteiger charge is -2.12. The van der Waals surface area contributed by atoms with E-state index in [1.54, 1.807) is 43.6 Å². The Morgan fingerprint density at radius 3 is 2.52 bits per heavy atom. The topological polar surface area (TPSA) is 84.2 Å². The maximum atomic E-state index is 12.8. The number of amides is 1. The van der Waals surface area contributed by atoms with Crippen LogP contribution in [0, 0.1) is 11.3 Å². The quantitative estimate of drug-likeness (QED) is 0.597. The van der Waals surface area contributed by atoms with E-state index in [1.165, 1.54) is 0 Å². The van der Waals surface area contributed by atoms with Gasteiger partial charge in [0.2, 0.25) is 5.88 Å². The third-order valence-electron chi connectivity index (χ3n) is 4.30. The highest BCUT2D eigenvalue weighted by Crippen LogP contribution is 2.26. The Kier molecular flexibility index (Phi) is 6.93. The van der Waals surface area contributed by atoms with Crippen LogP contribution >= 0.6 is 0 Å². The van der Waals surface area contributed by atoms with E-state index < -0.39 is 0 Å². The first-order valence-electron chi connectivity index (χ1n) is 9.16. The number of nitriles is 1. The number of nitrogens with one attached hydrogen (secondary N) is 1. The minimum absolute atomic E-state index is 0.214. The van der Waals surface area contributed by atoms with Crippen molar-refractivity contribution in [2.24, 2.45) is 0 Å². The van der Waals surface area contributed by atoms with Crippen LogP contribution in [0.2, 0.25) is 0 Å². The molecule has 0 saturated carbocycles. The Balaban J connectivity index is 1.70. The molecule has 1 aromatic heterocycles. The van der Waals surface area contributed by atoms with E-state index in [0.29, 0.717) is 36.8 Å². The minimum atomic E-state index is -0.214. The lowest BCUT2D eigenvalue weighted by molar-refractivity contribution is 0.0951. The van der Waals surface area contributed by atoms with Gasteiger partial charge in [-0.2, -0.15) is 5.26 Å². The molecule has 0 saturated heterocycles. The fourth-order valence-corrected chi connectivity index (χ4v) is 2.84. The van der Waals surface area contributed by atoms with E-state index in [9.17, 15) is 10.1 Å². The molecule has 1 amide bonds. The van der Waals surface area contributed by atoms with Crippen LogP contribution in [0.4, 0.5) is 0 Å². The second-order valence-corrected chi connectivity index (χ2v) is 6.23. The molecule has 0 unspecified atom stereocenters. The molecule has 6 heteroatoms. The highest BCUT2D eigenvalue weighted by atomic mass is 16.5. The molecule has 0 aliphatic heterocycles. The molecule has 0 atom stereocenters. The van der Waals surface area contributed by atoms with Gasteiger partial charge in [-0.3, -0.25) is 4.79 Å². The Morgan fingerprint density at radius 2 is 1.79 bits per heavy atom. The molecule has 0 fully saturated rings. The second-order valence-electron chi connectivity index (χ2n) is 6.23. The van der Waals surface area contributed by atoms with Crippen molar-refractivity contribution in [2.45, 2.75) is 6.54 Å². The Labute approximate surface area is 169 Å². The van der Waals surface area contributed by atoms with Crippen LogP contribution < -0.4 is 10.1 Å². The number of methoxy groups -OCH3 is 1. The van der Waals surface area contributed by atoms with Gasteiger partial charge in [-0.25, -0.2) is 4.98 Å². The van der Waals surface area contributed by atoms with Gasteiger partial charge in [0.25, 0.3) is 5.91 Å². The van der Waals surface area contributed by atoms with Gasteiger partial charge < -0.3 is 14.8 Å². The monoisotopic (exact) mass is 387 g/mol. The number of pyridine rings is 1. The summed E-state index contributed by atoms with van der Waals surface area (Å²) in [7, 11) is 1.61. The van der Waals surface area contributed by atoms with Crippen molar-refractivity contribution in [1.29, 1.82) is 5.26 Å². The number of rotatable bonds is 8. The zero-order valence-electron chi connectivity index (χ0n) is 16.1. The van der Waals surface area contributed by atoms with Crippen molar-refractivity contribution in [3.63, 3.8) is 0 Å². The van der Waals surface area contributed by atoms with E-state index in [0.717, 1.165) is 16.7 Å². The van der Waals surface area contributed by atoms with Crippen LogP contribution in [0.3, 0.4) is 0 Å². The molecular formula is C23H21N3O3. The summed E-state index contributed by atoms with van der Waals surface area (Å²) in [5, 5.41) is 12.3. The molecule has 1 heterocycles. The van der Waals surface area contributed by atoms with E-state index in [-0.39, 0.29) is 5.91 Å². The van der Waals surface area contributed by atoms with Crippen LogP contribution in [-0.4, -0.2) is 31.2 Å². The fraction of sp³-hybridized carbons (Fsp3) is 0.174. The smallest absolute Gasteiger partial charge is 0.252 e. The highest BCUT2D eigenvalue weighted by Gasteiger charge is 2.14. The van der Waals surface area contributed by atoms with Gasteiger partial charge in [0.15, 0.2) is 0 Å². The summed E-state index contributed by atoms with van der Waals surface area (Å²) in [4.78, 5) is 17.0. The number of benzene rings is 2. The Bertz CT molecular complexity index is 1010. The summed E-state index contributed by atoms with van der Waals surface area (Å²) in [6.07, 6.45) is 1.67. The van der Waals surface area contributed by atoms with Crippen molar-refractivity contribution in [2.75, 3.05) is 20.3 Å². The van der Waals surface area contributed by atoms with Gasteiger partial charge in [-0.15, -0.1) is 0 Å². The first-order valence-corrected chi connectivity index (χ1v) is 9.16. The van der Waals surface area contributed by atoms with E-state index in [4.69, 9.17) is 9.47 Å². The molecule has 0 radical (unpaired) electrons. The lowest BCUT2D eigenvalue weighted by atomic mass is 9.95. The number of carbonyl (C=O) groups is 1. The molecular weight excluding hydrogens is 366 g/mol. The molecule has 29 heavy (non-hydrogen) atoms. The fourth-order valence-electron chi connectivity index (χ4n) is 2.84. The first-order chi connectivity index (χ1) is 14.2. The third kappa shape index (κ3) is 5.18. The molecule has 0 aliphatic rings. The molecule has 2 aromatic carbocycles. The minimum Gasteiger partial charge on any atom is -0.475 e. The van der Waals surface area contributed by atoms with Gasteiger partial charge >= 0.3 is 0 Å². The summed E-state index contributed by atoms with van der Waals surface area (Å²) in [5.41, 5.74) is 3.36. The van der Waals surface area contributed by atoms with Crippen molar-refractivity contribution in [3.05, 3.63) is 83.6 Å². The maximum Gasteiger partial charge on any atom is 0.252 e. The molecule has 3 aromatic rings. The molecule has 3 rings (SSSR count). The normalized spacial score (nSPS) is 10.2. The highest BCUT2D eigenvalue weighted by molar-refractivity contribution is 6.01. The number of nitrogens with zero attached hydrogens (tertiary/aromatic N) is 2. The van der Waals surface area contributed by atoms with Gasteiger partial charge in [0.1, 0.15) is 6.61 Å². The second kappa shape index (κ2) is 10.0. The zero-order chi connectivity index (χ0) is 20.5. The average molecular weight is 387 g/mol. The number of ether oxygens (including phenoxy) is 2. The van der Waals surface area contributed by atoms with E-state index in [2.05, 4.69) is 16.4 Å². The number of carbonyl (C=O) groups excluding carboxylic acids is 1. The number of hydrogen-bond acceptors (Lipinski definition) is 5. The molecule has 1 N–H and O–H groups in total. The third-order valence-corrected chi connectivity index (χ3v) is 4.30. The Morgan fingerprint density at radius 1 is 1.03 bits per heavy atom. The SMILES string of the molecule is COCCOc1ccc(CNC(=O)c2ccccc2-c2ccccc2C#N)cn1. The summed E-state index contributed by atoms with van der Waals surface area (Å²) >= 11 is 0. The lowest BCUT2D eigenvalue weighted by Crippen LogP contribution is -2.23. The van der Waals surface area contributed by atoms with Crippen LogP contribution in [-0.2, 0) is 11.3 Å². The van der Waals surface area contributed by atoms with Crippen molar-refractivity contribution in [1.82, 2.24) is 10.3 Å². The van der Waals surface area contributed by atoms with E-state index in [1.807, 2.05) is 30.3 Å². The largest absolute Gasteiger partial charge is 0.475 e. The average Bonchev–Trinajstić information content (AvgIpc) is 2.78. The summed E-state index contributed by atoms with van der Waals surface area (Å²) in [6.45, 7) is 1.26. The van der Waals surface area contributed by atoms with Crippen LogP contribution in [0.1, 0.15) is 21.5 Å². The van der Waals surface area contributed by atoms with Crippen molar-refractivity contribution >= 4 is 5.91 Å². The standard InChI is InChI=1S/C23H21N3O3/c1-28-12-13-29-22-11-10-17(15-25-22)16-26-23(27)21-9-5-4-8-20(21)19-7-3-2-6-18(19)14-24/h2-11,15H,12-13,16H2,1H3,(H,26,27). The van der Waals surface area contributed by atoms with Gasteiger partial charge in [-0.05, 0) is 23.3 Å². The predicted octanol–water partition coefficient (Wildman–Crippen LogP) is 3.58. The van der Waals surface area contributed by atoms with Crippen LogP contribution in [0.15, 0.2) is 66.9 Å². The predicted molar refractivity (Wildman–Crippen MR) is 109 cm³/mol. The molecule has 146 valence electrons. The number of hydrogen-bond donors (Lipinski definition) is 1. The van der Waals surface area contributed by atoms with Crippen LogP contribution in [0.25, 0.3) is 11.1 Å². The van der Waals surface area contributed by atoms with Gasteiger partial charge in [0.05, 0.1) is 18.2 Å². The van der Waals surface area contributed by atoms with Crippen molar-refractivity contribution < 1.29 is 14.3 Å². The summed E-state index contributed by atoms with van der Waals surface area (Å²) < 4.78 is 10.4. The van der Waals surface area contributed by atoms with Gasteiger partial charge in [-0.1, -0.05) is 42.5 Å². The molecule has 6 nitrogen and oxygen atoms in total. The van der Waals surface area contributed by atoms with Gasteiger partial charge in [0, 0.05) is 37.0 Å². The molecule has 0 bridgehead atoms. The van der Waals surface area contributed by atoms with Crippen LogP contribution in [0.5, 0.6) is 5.88 Å².